The largest absolute Gasteiger partial charge is 0.252 e. The molecule has 4 nitrogen and oxygen atoms in total. The lowest BCUT2D eigenvalue weighted by Crippen LogP contribution is -2.30. The molecule has 0 atom stereocenters. The van der Waals surface area contributed by atoms with Crippen molar-refractivity contribution in [3.8, 4) is 0 Å². The molecule has 2 heterocycles. The third-order valence-corrected chi connectivity index (χ3v) is 8.08. The molecule has 0 aromatic heterocycles. The predicted octanol–water partition coefficient (Wildman–Crippen LogP) is 5.88. The van der Waals surface area contributed by atoms with Gasteiger partial charge in [-0.2, -0.15) is 4.31 Å². The van der Waals surface area contributed by atoms with Gasteiger partial charge >= 0.3 is 0 Å². The minimum atomic E-state index is -3.59. The van der Waals surface area contributed by atoms with Crippen LogP contribution in [0.5, 0.6) is 0 Å². The SMILES string of the molecule is Cc1ccc(S(=O)(=O)N2CC3=C(CC(c4ccc(Cl)cc4)=NC(c4ccccc4)=C3)C2)cc1. The van der Waals surface area contributed by atoms with Crippen LogP contribution in [0.3, 0.4) is 0 Å². The summed E-state index contributed by atoms with van der Waals surface area (Å²) in [7, 11) is -3.59. The third kappa shape index (κ3) is 4.44. The summed E-state index contributed by atoms with van der Waals surface area (Å²) >= 11 is 6.10. The van der Waals surface area contributed by atoms with E-state index in [-0.39, 0.29) is 0 Å². The van der Waals surface area contributed by atoms with Crippen molar-refractivity contribution < 1.29 is 8.42 Å². The van der Waals surface area contributed by atoms with E-state index < -0.39 is 10.0 Å². The second kappa shape index (κ2) is 8.75. The van der Waals surface area contributed by atoms with Crippen molar-refractivity contribution in [2.75, 3.05) is 13.1 Å². The molecular formula is C27H23ClN2O2S. The summed E-state index contributed by atoms with van der Waals surface area (Å²) in [4.78, 5) is 5.33. The lowest BCUT2D eigenvalue weighted by molar-refractivity contribution is 0.481. The van der Waals surface area contributed by atoms with E-state index in [0.717, 1.165) is 39.2 Å². The molecule has 0 bridgehead atoms. The van der Waals surface area contributed by atoms with Crippen LogP contribution < -0.4 is 0 Å². The summed E-state index contributed by atoms with van der Waals surface area (Å²) in [5, 5.41) is 0.669. The minimum absolute atomic E-state index is 0.324. The van der Waals surface area contributed by atoms with Gasteiger partial charge < -0.3 is 0 Å². The maximum Gasteiger partial charge on any atom is 0.243 e. The summed E-state index contributed by atoms with van der Waals surface area (Å²) in [5.41, 5.74) is 6.83. The molecule has 0 spiro atoms. The van der Waals surface area contributed by atoms with E-state index in [2.05, 4.69) is 0 Å². The molecule has 3 aromatic rings. The average Bonchev–Trinajstić information content (AvgIpc) is 3.14. The van der Waals surface area contributed by atoms with Crippen molar-refractivity contribution in [2.45, 2.75) is 18.2 Å². The van der Waals surface area contributed by atoms with Gasteiger partial charge in [-0.25, -0.2) is 8.42 Å². The molecule has 0 saturated carbocycles. The van der Waals surface area contributed by atoms with Crippen LogP contribution in [0.1, 0.15) is 23.1 Å². The number of nitrogens with zero attached hydrogens (tertiary/aromatic N) is 2. The van der Waals surface area contributed by atoms with Crippen molar-refractivity contribution in [3.63, 3.8) is 0 Å². The molecule has 5 rings (SSSR count). The average molecular weight is 475 g/mol. The van der Waals surface area contributed by atoms with Crippen molar-refractivity contribution in [2.24, 2.45) is 4.99 Å². The molecule has 2 aliphatic rings. The number of aryl methyl sites for hydroxylation is 1. The first-order valence-electron chi connectivity index (χ1n) is 10.8. The van der Waals surface area contributed by atoms with Gasteiger partial charge in [0.1, 0.15) is 0 Å². The van der Waals surface area contributed by atoms with Gasteiger partial charge in [-0.05, 0) is 54.0 Å². The first kappa shape index (κ1) is 21.8. The van der Waals surface area contributed by atoms with Crippen LogP contribution in [-0.4, -0.2) is 31.5 Å². The van der Waals surface area contributed by atoms with Crippen molar-refractivity contribution >= 4 is 33.0 Å². The molecule has 6 heteroatoms. The Morgan fingerprint density at radius 1 is 0.848 bits per heavy atom. The molecule has 0 unspecified atom stereocenters. The van der Waals surface area contributed by atoms with E-state index in [1.807, 2.05) is 79.7 Å². The lowest BCUT2D eigenvalue weighted by atomic mass is 10.0. The molecule has 0 amide bonds. The number of rotatable bonds is 4. The zero-order chi connectivity index (χ0) is 23.0. The first-order valence-corrected chi connectivity index (χ1v) is 12.6. The fraction of sp³-hybridized carbons (Fsp3) is 0.148. The molecule has 2 aliphatic heterocycles. The van der Waals surface area contributed by atoms with Crippen molar-refractivity contribution in [3.05, 3.63) is 118 Å². The highest BCUT2D eigenvalue weighted by Gasteiger charge is 2.33. The van der Waals surface area contributed by atoms with Gasteiger partial charge in [-0.3, -0.25) is 4.99 Å². The van der Waals surface area contributed by atoms with Crippen LogP contribution in [0.2, 0.25) is 5.02 Å². The van der Waals surface area contributed by atoms with Crippen molar-refractivity contribution in [1.82, 2.24) is 4.31 Å². The number of sulfonamides is 1. The first-order chi connectivity index (χ1) is 15.9. The fourth-order valence-corrected chi connectivity index (χ4v) is 5.71. The van der Waals surface area contributed by atoms with Gasteiger partial charge in [-0.1, -0.05) is 71.8 Å². The summed E-state index contributed by atoms with van der Waals surface area (Å²) in [6.45, 7) is 2.64. The Morgan fingerprint density at radius 2 is 1.55 bits per heavy atom. The molecular weight excluding hydrogens is 452 g/mol. The highest BCUT2D eigenvalue weighted by atomic mass is 35.5. The van der Waals surface area contributed by atoms with Gasteiger partial charge in [-0.15, -0.1) is 0 Å². The third-order valence-electron chi connectivity index (χ3n) is 6.02. The quantitative estimate of drug-likeness (QED) is 0.473. The van der Waals surface area contributed by atoms with Crippen LogP contribution in [0.25, 0.3) is 5.70 Å². The second-order valence-electron chi connectivity index (χ2n) is 8.35. The van der Waals surface area contributed by atoms with Gasteiger partial charge in [0, 0.05) is 30.1 Å². The number of halogens is 1. The number of aliphatic imine (C=N–C) groups is 1. The summed E-state index contributed by atoms with van der Waals surface area (Å²) < 4.78 is 28.3. The molecule has 0 fully saturated rings. The number of hydrogen-bond donors (Lipinski definition) is 0. The van der Waals surface area contributed by atoms with Crippen LogP contribution in [0, 0.1) is 6.92 Å². The summed E-state index contributed by atoms with van der Waals surface area (Å²) in [5.74, 6) is 0. The summed E-state index contributed by atoms with van der Waals surface area (Å²) in [6, 6.07) is 24.7. The molecule has 0 N–H and O–H groups in total. The Kier molecular flexibility index (Phi) is 5.79. The highest BCUT2D eigenvalue weighted by molar-refractivity contribution is 7.89. The Hall–Kier alpha value is -2.99. The van der Waals surface area contributed by atoms with E-state index in [1.54, 1.807) is 16.4 Å². The van der Waals surface area contributed by atoms with E-state index >= 15 is 0 Å². The van der Waals surface area contributed by atoms with E-state index in [4.69, 9.17) is 16.6 Å². The second-order valence-corrected chi connectivity index (χ2v) is 10.7. The standard InChI is InChI=1S/C27H23ClN2O2S/c1-19-7-13-25(14-8-19)33(31,32)30-17-22-15-26(20-5-3-2-4-6-20)29-27(16-23(22)18-30)21-9-11-24(28)12-10-21/h2-15H,16-18H2,1H3. The molecule has 0 saturated heterocycles. The summed E-state index contributed by atoms with van der Waals surface area (Å²) in [6.07, 6.45) is 2.63. The van der Waals surface area contributed by atoms with Gasteiger partial charge in [0.2, 0.25) is 10.0 Å². The van der Waals surface area contributed by atoms with Gasteiger partial charge in [0.05, 0.1) is 16.3 Å². The van der Waals surface area contributed by atoms with Gasteiger partial charge in [0.25, 0.3) is 0 Å². The predicted molar refractivity (Wildman–Crippen MR) is 134 cm³/mol. The minimum Gasteiger partial charge on any atom is -0.252 e. The Labute approximate surface area is 199 Å². The monoisotopic (exact) mass is 474 g/mol. The number of hydrogen-bond acceptors (Lipinski definition) is 3. The highest BCUT2D eigenvalue weighted by Crippen LogP contribution is 2.34. The maximum absolute atomic E-state index is 13.3. The fourth-order valence-electron chi connectivity index (χ4n) is 4.17. The molecule has 33 heavy (non-hydrogen) atoms. The van der Waals surface area contributed by atoms with Crippen LogP contribution in [0.15, 0.2) is 106 Å². The van der Waals surface area contributed by atoms with Crippen LogP contribution in [0.4, 0.5) is 0 Å². The zero-order valence-corrected chi connectivity index (χ0v) is 19.8. The zero-order valence-electron chi connectivity index (χ0n) is 18.2. The van der Waals surface area contributed by atoms with E-state index in [1.165, 1.54) is 0 Å². The number of benzene rings is 3. The smallest absolute Gasteiger partial charge is 0.243 e. The van der Waals surface area contributed by atoms with Crippen LogP contribution in [-0.2, 0) is 10.0 Å². The lowest BCUT2D eigenvalue weighted by Gasteiger charge is -2.18. The van der Waals surface area contributed by atoms with E-state index in [0.29, 0.717) is 29.4 Å². The Bertz CT molecular complexity index is 1390. The van der Waals surface area contributed by atoms with Gasteiger partial charge in [0.15, 0.2) is 0 Å². The van der Waals surface area contributed by atoms with E-state index in [9.17, 15) is 8.42 Å². The Balaban J connectivity index is 1.53. The normalized spacial score (nSPS) is 16.8. The van der Waals surface area contributed by atoms with Crippen molar-refractivity contribution in [1.29, 1.82) is 0 Å². The topological polar surface area (TPSA) is 49.7 Å². The molecule has 0 radical (unpaired) electrons. The maximum atomic E-state index is 13.3. The molecule has 3 aromatic carbocycles. The molecule has 166 valence electrons. The van der Waals surface area contributed by atoms with Crippen LogP contribution >= 0.6 is 11.6 Å². The molecule has 0 aliphatic carbocycles. The Morgan fingerprint density at radius 3 is 2.24 bits per heavy atom.